The Hall–Kier alpha value is -1.79. The number of alkyl halides is 3. The highest BCUT2D eigenvalue weighted by Crippen LogP contribution is 2.28. The van der Waals surface area contributed by atoms with E-state index in [-0.39, 0.29) is 24.7 Å². The summed E-state index contributed by atoms with van der Waals surface area (Å²) in [5.41, 5.74) is -0.937. The Morgan fingerprint density at radius 2 is 2.00 bits per heavy atom. The molecule has 2 heterocycles. The first-order chi connectivity index (χ1) is 9.47. The fourth-order valence-electron chi connectivity index (χ4n) is 2.11. The molecule has 1 aliphatic rings. The van der Waals surface area contributed by atoms with Crippen molar-refractivity contribution in [2.75, 3.05) is 25.0 Å². The predicted octanol–water partition coefficient (Wildman–Crippen LogP) is 2.52. The number of nitrogens with one attached hydrogen (secondary N) is 1. The molecule has 0 bridgehead atoms. The minimum absolute atomic E-state index is 0.0296. The number of hydrogen-bond donors (Lipinski definition) is 1. The average molecular weight is 287 g/mol. The van der Waals surface area contributed by atoms with E-state index < -0.39 is 11.9 Å². The van der Waals surface area contributed by atoms with E-state index in [1.807, 2.05) is 0 Å². The molecule has 20 heavy (non-hydrogen) atoms. The summed E-state index contributed by atoms with van der Waals surface area (Å²) in [6.07, 6.45) is -2.15. The average Bonchev–Trinajstić information content (AvgIpc) is 2.92. The highest BCUT2D eigenvalue weighted by atomic mass is 19.4. The largest absolute Gasteiger partial charge is 0.433 e. The lowest BCUT2D eigenvalue weighted by Crippen LogP contribution is -2.29. The third-order valence-corrected chi connectivity index (χ3v) is 3.14. The Bertz CT molecular complexity index is 470. The number of rotatable bonds is 4. The zero-order chi connectivity index (χ0) is 14.6. The molecule has 1 fully saturated rings. The van der Waals surface area contributed by atoms with Gasteiger partial charge in [-0.25, -0.2) is 4.98 Å². The molecule has 0 unspecified atom stereocenters. The summed E-state index contributed by atoms with van der Waals surface area (Å²) in [4.78, 5) is 17.0. The van der Waals surface area contributed by atoms with E-state index >= 15 is 0 Å². The van der Waals surface area contributed by atoms with Gasteiger partial charge in [-0.1, -0.05) is 6.07 Å². The van der Waals surface area contributed by atoms with Crippen LogP contribution in [0.25, 0.3) is 0 Å². The Morgan fingerprint density at radius 1 is 1.30 bits per heavy atom. The summed E-state index contributed by atoms with van der Waals surface area (Å²) in [5, 5.41) is 2.75. The number of carbonyl (C=O) groups excluding carboxylic acids is 1. The van der Waals surface area contributed by atoms with Crippen molar-refractivity contribution in [3.05, 3.63) is 23.9 Å². The van der Waals surface area contributed by atoms with E-state index in [2.05, 4.69) is 10.3 Å². The molecule has 4 nitrogen and oxygen atoms in total. The van der Waals surface area contributed by atoms with E-state index in [1.165, 1.54) is 12.1 Å². The molecule has 0 saturated carbocycles. The van der Waals surface area contributed by atoms with Gasteiger partial charge in [-0.05, 0) is 25.0 Å². The summed E-state index contributed by atoms with van der Waals surface area (Å²) in [6, 6.07) is 3.66. The first-order valence-corrected chi connectivity index (χ1v) is 6.53. The molecule has 0 aliphatic carbocycles. The molecular weight excluding hydrogens is 271 g/mol. The summed E-state index contributed by atoms with van der Waals surface area (Å²) in [5.74, 6) is 0.163. The third kappa shape index (κ3) is 3.85. The van der Waals surface area contributed by atoms with Gasteiger partial charge >= 0.3 is 6.18 Å². The zero-order valence-electron chi connectivity index (χ0n) is 10.9. The minimum Gasteiger partial charge on any atom is -0.370 e. The minimum atomic E-state index is -4.46. The smallest absolute Gasteiger partial charge is 0.370 e. The predicted molar refractivity (Wildman–Crippen MR) is 68.2 cm³/mol. The molecule has 0 aromatic carbocycles. The topological polar surface area (TPSA) is 45.2 Å². The van der Waals surface area contributed by atoms with Crippen LogP contribution >= 0.6 is 0 Å². The summed E-state index contributed by atoms with van der Waals surface area (Å²) in [7, 11) is 0. The van der Waals surface area contributed by atoms with Crippen molar-refractivity contribution >= 4 is 11.7 Å². The lowest BCUT2D eigenvalue weighted by atomic mass is 10.3. The van der Waals surface area contributed by atoms with Crippen LogP contribution in [0.3, 0.4) is 0 Å². The number of carbonyl (C=O) groups is 1. The van der Waals surface area contributed by atoms with Crippen molar-refractivity contribution in [2.45, 2.75) is 25.4 Å². The lowest BCUT2D eigenvalue weighted by molar-refractivity contribution is -0.141. The number of anilines is 1. The number of aromatic nitrogens is 1. The third-order valence-electron chi connectivity index (χ3n) is 3.14. The quantitative estimate of drug-likeness (QED) is 0.925. The van der Waals surface area contributed by atoms with Gasteiger partial charge in [0.1, 0.15) is 11.5 Å². The summed E-state index contributed by atoms with van der Waals surface area (Å²) in [6.45, 7) is 1.84. The van der Waals surface area contributed by atoms with Crippen molar-refractivity contribution in [1.82, 2.24) is 9.88 Å². The van der Waals surface area contributed by atoms with Crippen LogP contribution in [0.15, 0.2) is 18.2 Å². The Balaban J connectivity index is 1.83. The molecule has 2 rings (SSSR count). The van der Waals surface area contributed by atoms with E-state index in [0.717, 1.165) is 32.0 Å². The molecule has 1 aliphatic heterocycles. The van der Waals surface area contributed by atoms with Gasteiger partial charge in [0.25, 0.3) is 0 Å². The standard InChI is InChI=1S/C13H16F3N3O/c14-13(15,16)10-4-3-5-11(18-10)17-7-6-12(20)19-8-1-2-9-19/h3-5H,1-2,6-9H2,(H,17,18). The fraction of sp³-hybridized carbons (Fsp3) is 0.538. The lowest BCUT2D eigenvalue weighted by Gasteiger charge is -2.15. The molecule has 1 aromatic rings. The second-order valence-corrected chi connectivity index (χ2v) is 4.67. The zero-order valence-corrected chi connectivity index (χ0v) is 10.9. The SMILES string of the molecule is O=C(CCNc1cccc(C(F)(F)F)n1)N1CCCC1. The maximum absolute atomic E-state index is 12.5. The van der Waals surface area contributed by atoms with Crippen LogP contribution in [0, 0.1) is 0 Å². The van der Waals surface area contributed by atoms with Crippen LogP contribution in [0.2, 0.25) is 0 Å². The molecule has 0 radical (unpaired) electrons. The Labute approximate surface area is 115 Å². The Kier molecular flexibility index (Phi) is 4.46. The second kappa shape index (κ2) is 6.11. The number of halogens is 3. The number of amides is 1. The van der Waals surface area contributed by atoms with Crippen LogP contribution < -0.4 is 5.32 Å². The van der Waals surface area contributed by atoms with Gasteiger partial charge in [0, 0.05) is 26.1 Å². The van der Waals surface area contributed by atoms with Crippen LogP contribution in [-0.4, -0.2) is 35.4 Å². The van der Waals surface area contributed by atoms with Gasteiger partial charge in [0.2, 0.25) is 5.91 Å². The van der Waals surface area contributed by atoms with Gasteiger partial charge < -0.3 is 10.2 Å². The van der Waals surface area contributed by atoms with Crippen LogP contribution in [-0.2, 0) is 11.0 Å². The summed E-state index contributed by atoms with van der Waals surface area (Å²) >= 11 is 0. The normalized spacial score (nSPS) is 15.4. The first-order valence-electron chi connectivity index (χ1n) is 6.53. The van der Waals surface area contributed by atoms with Gasteiger partial charge in [-0.2, -0.15) is 13.2 Å². The molecule has 1 aromatic heterocycles. The maximum Gasteiger partial charge on any atom is 0.433 e. The van der Waals surface area contributed by atoms with Crippen LogP contribution in [0.4, 0.5) is 19.0 Å². The number of nitrogens with zero attached hydrogens (tertiary/aromatic N) is 2. The highest BCUT2D eigenvalue weighted by molar-refractivity contribution is 5.76. The second-order valence-electron chi connectivity index (χ2n) is 4.67. The van der Waals surface area contributed by atoms with Crippen molar-refractivity contribution < 1.29 is 18.0 Å². The monoisotopic (exact) mass is 287 g/mol. The highest BCUT2D eigenvalue weighted by Gasteiger charge is 2.32. The molecule has 110 valence electrons. The molecule has 1 amide bonds. The van der Waals surface area contributed by atoms with E-state index in [4.69, 9.17) is 0 Å². The number of hydrogen-bond acceptors (Lipinski definition) is 3. The van der Waals surface area contributed by atoms with Crippen molar-refractivity contribution in [2.24, 2.45) is 0 Å². The van der Waals surface area contributed by atoms with E-state index in [9.17, 15) is 18.0 Å². The molecule has 1 saturated heterocycles. The Morgan fingerprint density at radius 3 is 2.65 bits per heavy atom. The van der Waals surface area contributed by atoms with Gasteiger partial charge in [-0.3, -0.25) is 4.79 Å². The van der Waals surface area contributed by atoms with Gasteiger partial charge in [0.15, 0.2) is 0 Å². The van der Waals surface area contributed by atoms with E-state index in [0.29, 0.717) is 0 Å². The summed E-state index contributed by atoms with van der Waals surface area (Å²) < 4.78 is 37.4. The number of pyridine rings is 1. The molecule has 0 atom stereocenters. The van der Waals surface area contributed by atoms with Crippen molar-refractivity contribution in [3.8, 4) is 0 Å². The molecular formula is C13H16F3N3O. The molecule has 1 N–H and O–H groups in total. The molecule has 0 spiro atoms. The maximum atomic E-state index is 12.5. The van der Waals surface area contributed by atoms with Gasteiger partial charge in [0.05, 0.1) is 0 Å². The van der Waals surface area contributed by atoms with Crippen molar-refractivity contribution in [1.29, 1.82) is 0 Å². The fourth-order valence-corrected chi connectivity index (χ4v) is 2.11. The number of likely N-dealkylation sites (tertiary alicyclic amines) is 1. The van der Waals surface area contributed by atoms with Gasteiger partial charge in [-0.15, -0.1) is 0 Å². The first kappa shape index (κ1) is 14.6. The van der Waals surface area contributed by atoms with Crippen LogP contribution in [0.5, 0.6) is 0 Å². The van der Waals surface area contributed by atoms with Crippen molar-refractivity contribution in [3.63, 3.8) is 0 Å². The molecule has 7 heteroatoms. The van der Waals surface area contributed by atoms with Crippen LogP contribution in [0.1, 0.15) is 25.0 Å². The van der Waals surface area contributed by atoms with E-state index in [1.54, 1.807) is 4.90 Å².